The lowest BCUT2D eigenvalue weighted by molar-refractivity contribution is -0.384. The predicted molar refractivity (Wildman–Crippen MR) is 111 cm³/mol. The normalized spacial score (nSPS) is 19.7. The van der Waals surface area contributed by atoms with Gasteiger partial charge in [0.2, 0.25) is 0 Å². The Labute approximate surface area is 163 Å². The molecule has 3 heteroatoms. The lowest BCUT2D eigenvalue weighted by atomic mass is 9.77. The number of nitro benzene ring substituents is 1. The number of non-ortho nitro benzene ring substituents is 1. The number of unbranched alkanes of at least 4 members (excludes halogenated alkanes) is 2. The van der Waals surface area contributed by atoms with Crippen LogP contribution in [0.25, 0.3) is 0 Å². The van der Waals surface area contributed by atoms with Gasteiger partial charge in [-0.1, -0.05) is 69.0 Å². The first-order chi connectivity index (χ1) is 13.2. The second kappa shape index (κ2) is 9.68. The van der Waals surface area contributed by atoms with E-state index in [4.69, 9.17) is 0 Å². The molecular formula is C24H31NO2. The van der Waals surface area contributed by atoms with E-state index in [-0.39, 0.29) is 10.6 Å². The SMILES string of the molecule is CCCCCC1CCC(c2ccc(Cc3ccc([N+](=O)[O-])cc3)cc2)CC1. The molecule has 144 valence electrons. The van der Waals surface area contributed by atoms with Crippen LogP contribution < -0.4 is 0 Å². The monoisotopic (exact) mass is 365 g/mol. The van der Waals surface area contributed by atoms with Crippen molar-refractivity contribution in [2.75, 3.05) is 0 Å². The lowest BCUT2D eigenvalue weighted by Gasteiger charge is -2.29. The van der Waals surface area contributed by atoms with Gasteiger partial charge in [-0.25, -0.2) is 0 Å². The number of nitrogens with zero attached hydrogens (tertiary/aromatic N) is 1. The van der Waals surface area contributed by atoms with Crippen molar-refractivity contribution in [3.05, 3.63) is 75.3 Å². The Hall–Kier alpha value is -2.16. The van der Waals surface area contributed by atoms with Crippen LogP contribution in [0.5, 0.6) is 0 Å². The van der Waals surface area contributed by atoms with Gasteiger partial charge in [0.1, 0.15) is 0 Å². The first-order valence-electron chi connectivity index (χ1n) is 10.5. The summed E-state index contributed by atoms with van der Waals surface area (Å²) in [7, 11) is 0. The third kappa shape index (κ3) is 5.66. The molecule has 2 aromatic rings. The molecule has 0 aromatic heterocycles. The zero-order chi connectivity index (χ0) is 19.1. The summed E-state index contributed by atoms with van der Waals surface area (Å²) in [6.45, 7) is 2.28. The molecule has 0 unspecified atom stereocenters. The van der Waals surface area contributed by atoms with Gasteiger partial charge >= 0.3 is 0 Å². The van der Waals surface area contributed by atoms with Gasteiger partial charge in [-0.2, -0.15) is 0 Å². The van der Waals surface area contributed by atoms with Crippen LogP contribution in [0.4, 0.5) is 5.69 Å². The Morgan fingerprint density at radius 1 is 0.889 bits per heavy atom. The van der Waals surface area contributed by atoms with Crippen molar-refractivity contribution < 1.29 is 4.92 Å². The fraction of sp³-hybridized carbons (Fsp3) is 0.500. The molecule has 0 spiro atoms. The van der Waals surface area contributed by atoms with E-state index in [0.717, 1.165) is 23.8 Å². The van der Waals surface area contributed by atoms with Gasteiger partial charge in [-0.3, -0.25) is 10.1 Å². The highest BCUT2D eigenvalue weighted by molar-refractivity contribution is 5.36. The standard InChI is InChI=1S/C24H31NO2/c1-2-3-4-5-19-6-12-22(13-7-19)23-14-8-20(9-15-23)18-21-10-16-24(17-11-21)25(26)27/h8-11,14-17,19,22H,2-7,12-13,18H2,1H3. The number of nitro groups is 1. The Morgan fingerprint density at radius 3 is 2.04 bits per heavy atom. The molecule has 27 heavy (non-hydrogen) atoms. The maximum absolute atomic E-state index is 10.7. The molecule has 0 bridgehead atoms. The van der Waals surface area contributed by atoms with Gasteiger partial charge in [-0.05, 0) is 60.6 Å². The van der Waals surface area contributed by atoms with E-state index in [2.05, 4.69) is 31.2 Å². The highest BCUT2D eigenvalue weighted by Crippen LogP contribution is 2.37. The van der Waals surface area contributed by atoms with Gasteiger partial charge in [0, 0.05) is 12.1 Å². The van der Waals surface area contributed by atoms with E-state index in [1.54, 1.807) is 12.1 Å². The van der Waals surface area contributed by atoms with E-state index >= 15 is 0 Å². The van der Waals surface area contributed by atoms with Crippen molar-refractivity contribution in [1.29, 1.82) is 0 Å². The number of hydrogen-bond acceptors (Lipinski definition) is 2. The summed E-state index contributed by atoms with van der Waals surface area (Å²) in [6, 6.07) is 15.9. The molecule has 0 heterocycles. The summed E-state index contributed by atoms with van der Waals surface area (Å²) in [5, 5.41) is 10.7. The fourth-order valence-electron chi connectivity index (χ4n) is 4.35. The van der Waals surface area contributed by atoms with Crippen molar-refractivity contribution in [2.45, 2.75) is 70.6 Å². The quantitative estimate of drug-likeness (QED) is 0.286. The Morgan fingerprint density at radius 2 is 1.48 bits per heavy atom. The number of benzene rings is 2. The Bertz CT molecular complexity index is 713. The van der Waals surface area contributed by atoms with Crippen LogP contribution >= 0.6 is 0 Å². The smallest absolute Gasteiger partial charge is 0.258 e. The molecule has 0 aliphatic heterocycles. The molecule has 0 N–H and O–H groups in total. The number of hydrogen-bond donors (Lipinski definition) is 0. The van der Waals surface area contributed by atoms with E-state index in [9.17, 15) is 10.1 Å². The molecule has 1 aliphatic rings. The average Bonchev–Trinajstić information content (AvgIpc) is 2.70. The summed E-state index contributed by atoms with van der Waals surface area (Å²) in [6.07, 6.45) is 11.8. The third-order valence-electron chi connectivity index (χ3n) is 6.07. The average molecular weight is 366 g/mol. The fourth-order valence-corrected chi connectivity index (χ4v) is 4.35. The van der Waals surface area contributed by atoms with Crippen molar-refractivity contribution in [3.63, 3.8) is 0 Å². The predicted octanol–water partition coefficient (Wildman–Crippen LogP) is 7.04. The summed E-state index contributed by atoms with van der Waals surface area (Å²) >= 11 is 0. The van der Waals surface area contributed by atoms with Crippen molar-refractivity contribution in [2.24, 2.45) is 5.92 Å². The third-order valence-corrected chi connectivity index (χ3v) is 6.07. The van der Waals surface area contributed by atoms with Gasteiger partial charge in [-0.15, -0.1) is 0 Å². The molecule has 1 fully saturated rings. The Kier molecular flexibility index (Phi) is 7.03. The van der Waals surface area contributed by atoms with Crippen LogP contribution in [0.3, 0.4) is 0 Å². The molecule has 1 aliphatic carbocycles. The minimum Gasteiger partial charge on any atom is -0.258 e. The van der Waals surface area contributed by atoms with Crippen LogP contribution in [-0.4, -0.2) is 4.92 Å². The van der Waals surface area contributed by atoms with E-state index in [1.165, 1.54) is 62.5 Å². The molecular weight excluding hydrogens is 334 g/mol. The van der Waals surface area contributed by atoms with Gasteiger partial charge in [0.15, 0.2) is 0 Å². The Balaban J connectivity index is 1.51. The maximum Gasteiger partial charge on any atom is 0.269 e. The molecule has 0 saturated heterocycles. The maximum atomic E-state index is 10.7. The highest BCUT2D eigenvalue weighted by atomic mass is 16.6. The zero-order valence-electron chi connectivity index (χ0n) is 16.4. The van der Waals surface area contributed by atoms with Crippen molar-refractivity contribution in [1.82, 2.24) is 0 Å². The molecule has 0 radical (unpaired) electrons. The molecule has 2 aromatic carbocycles. The molecule has 3 nitrogen and oxygen atoms in total. The topological polar surface area (TPSA) is 43.1 Å². The van der Waals surface area contributed by atoms with Crippen molar-refractivity contribution >= 4 is 5.69 Å². The second-order valence-electron chi connectivity index (χ2n) is 8.06. The van der Waals surface area contributed by atoms with Crippen LogP contribution in [0.2, 0.25) is 0 Å². The molecule has 3 rings (SSSR count). The van der Waals surface area contributed by atoms with Gasteiger partial charge in [0.25, 0.3) is 5.69 Å². The molecule has 0 atom stereocenters. The summed E-state index contributed by atoms with van der Waals surface area (Å²) in [5.74, 6) is 1.68. The molecule has 1 saturated carbocycles. The van der Waals surface area contributed by atoms with Crippen LogP contribution in [0.1, 0.15) is 80.9 Å². The largest absolute Gasteiger partial charge is 0.269 e. The first kappa shape index (κ1) is 19.6. The van der Waals surface area contributed by atoms with E-state index < -0.39 is 0 Å². The number of rotatable bonds is 8. The zero-order valence-corrected chi connectivity index (χ0v) is 16.4. The van der Waals surface area contributed by atoms with Crippen LogP contribution in [0.15, 0.2) is 48.5 Å². The van der Waals surface area contributed by atoms with Crippen LogP contribution in [0, 0.1) is 16.0 Å². The van der Waals surface area contributed by atoms with E-state index in [0.29, 0.717) is 0 Å². The lowest BCUT2D eigenvalue weighted by Crippen LogP contribution is -2.13. The van der Waals surface area contributed by atoms with Crippen molar-refractivity contribution in [3.8, 4) is 0 Å². The molecule has 0 amide bonds. The summed E-state index contributed by atoms with van der Waals surface area (Å²) < 4.78 is 0. The van der Waals surface area contributed by atoms with Gasteiger partial charge < -0.3 is 0 Å². The van der Waals surface area contributed by atoms with E-state index in [1.807, 2.05) is 12.1 Å². The second-order valence-corrected chi connectivity index (χ2v) is 8.06. The summed E-state index contributed by atoms with van der Waals surface area (Å²) in [4.78, 5) is 10.4. The minimum absolute atomic E-state index is 0.152. The minimum atomic E-state index is -0.350. The highest BCUT2D eigenvalue weighted by Gasteiger charge is 2.21. The van der Waals surface area contributed by atoms with Gasteiger partial charge in [0.05, 0.1) is 4.92 Å². The summed E-state index contributed by atoms with van der Waals surface area (Å²) in [5.41, 5.74) is 4.01. The first-order valence-corrected chi connectivity index (χ1v) is 10.5. The van der Waals surface area contributed by atoms with Crippen LogP contribution in [-0.2, 0) is 6.42 Å².